The molecular weight excluding hydrogens is 164 g/mol. The number of carbonyl (C=O) groups is 1. The molecule has 3 heterocycles. The van der Waals surface area contributed by atoms with Crippen molar-refractivity contribution >= 4 is 11.6 Å². The van der Waals surface area contributed by atoms with Gasteiger partial charge >= 0.3 is 0 Å². The van der Waals surface area contributed by atoms with Crippen LogP contribution in [-0.4, -0.2) is 16.9 Å². The molecule has 0 aromatic carbocycles. The van der Waals surface area contributed by atoms with Crippen molar-refractivity contribution in [3.05, 3.63) is 17.3 Å². The quantitative estimate of drug-likeness (QED) is 0.649. The maximum absolute atomic E-state index is 11.5. The minimum atomic E-state index is 0.308. The maximum Gasteiger partial charge on any atom is 0.179 e. The molecule has 1 aromatic heterocycles. The molecule has 2 aliphatic rings. The van der Waals surface area contributed by atoms with Gasteiger partial charge in [-0.2, -0.15) is 0 Å². The predicted molar refractivity (Wildman–Crippen MR) is 50.2 cm³/mol. The van der Waals surface area contributed by atoms with E-state index < -0.39 is 0 Å². The number of nitrogens with zero attached hydrogens (tertiary/aromatic N) is 1. The molecule has 3 nitrogen and oxygen atoms in total. The molecule has 3 heteroatoms. The Balaban J connectivity index is 2.19. The lowest BCUT2D eigenvalue weighted by atomic mass is 10.1. The third-order valence-electron chi connectivity index (χ3n) is 2.93. The Labute approximate surface area is 76.7 Å². The lowest BCUT2D eigenvalue weighted by molar-refractivity contribution is 0.0955. The molecule has 0 saturated carbocycles. The van der Waals surface area contributed by atoms with Crippen molar-refractivity contribution in [2.45, 2.75) is 25.8 Å². The SMILES string of the molecule is O=C1CCCn2c1cc1c2NCC1. The van der Waals surface area contributed by atoms with E-state index in [2.05, 4.69) is 16.0 Å². The van der Waals surface area contributed by atoms with Crippen LogP contribution in [0.2, 0.25) is 0 Å². The van der Waals surface area contributed by atoms with Gasteiger partial charge in [0.25, 0.3) is 0 Å². The minimum absolute atomic E-state index is 0.308. The van der Waals surface area contributed by atoms with Crippen LogP contribution in [0.3, 0.4) is 0 Å². The molecular formula is C10H12N2O. The number of hydrogen-bond acceptors (Lipinski definition) is 2. The first-order valence-corrected chi connectivity index (χ1v) is 4.86. The number of anilines is 1. The van der Waals surface area contributed by atoms with Crippen molar-refractivity contribution in [1.29, 1.82) is 0 Å². The Hall–Kier alpha value is -1.25. The monoisotopic (exact) mass is 176 g/mol. The molecule has 13 heavy (non-hydrogen) atoms. The number of rotatable bonds is 0. The standard InChI is InChI=1S/C10H12N2O/c13-9-2-1-5-12-8(9)6-7-3-4-11-10(7)12/h6,11H,1-5H2. The van der Waals surface area contributed by atoms with Crippen LogP contribution >= 0.6 is 0 Å². The van der Waals surface area contributed by atoms with Gasteiger partial charge in [-0.1, -0.05) is 0 Å². The van der Waals surface area contributed by atoms with Gasteiger partial charge in [0, 0.05) is 19.5 Å². The molecule has 0 saturated heterocycles. The van der Waals surface area contributed by atoms with E-state index in [1.165, 1.54) is 11.4 Å². The molecule has 0 aliphatic carbocycles. The van der Waals surface area contributed by atoms with Crippen molar-refractivity contribution in [2.75, 3.05) is 11.9 Å². The summed E-state index contributed by atoms with van der Waals surface area (Å²) in [6.07, 6.45) is 2.79. The second-order valence-corrected chi connectivity index (χ2v) is 3.76. The van der Waals surface area contributed by atoms with Crippen molar-refractivity contribution < 1.29 is 4.79 Å². The number of nitrogens with one attached hydrogen (secondary N) is 1. The molecule has 0 bridgehead atoms. The van der Waals surface area contributed by atoms with E-state index in [1.54, 1.807) is 0 Å². The molecule has 0 unspecified atom stereocenters. The van der Waals surface area contributed by atoms with Crippen LogP contribution in [-0.2, 0) is 13.0 Å². The highest BCUT2D eigenvalue weighted by Gasteiger charge is 2.25. The van der Waals surface area contributed by atoms with Gasteiger partial charge in [-0.3, -0.25) is 4.79 Å². The minimum Gasteiger partial charge on any atom is -0.371 e. The third kappa shape index (κ3) is 0.870. The molecule has 1 N–H and O–H groups in total. The van der Waals surface area contributed by atoms with Crippen LogP contribution in [0.5, 0.6) is 0 Å². The van der Waals surface area contributed by atoms with E-state index in [0.29, 0.717) is 5.78 Å². The summed E-state index contributed by atoms with van der Waals surface area (Å²) in [5.41, 5.74) is 2.24. The average molecular weight is 176 g/mol. The lowest BCUT2D eigenvalue weighted by Gasteiger charge is -2.16. The normalized spacial score (nSPS) is 19.5. The van der Waals surface area contributed by atoms with Gasteiger partial charge in [0.15, 0.2) is 5.78 Å². The Bertz CT molecular complexity index is 379. The zero-order chi connectivity index (χ0) is 8.84. The highest BCUT2D eigenvalue weighted by Crippen LogP contribution is 2.30. The van der Waals surface area contributed by atoms with Gasteiger partial charge in [-0.05, 0) is 24.5 Å². The second kappa shape index (κ2) is 2.37. The smallest absolute Gasteiger partial charge is 0.179 e. The molecule has 2 aliphatic heterocycles. The predicted octanol–water partition coefficient (Wildman–Crippen LogP) is 1.43. The topological polar surface area (TPSA) is 34.0 Å². The summed E-state index contributed by atoms with van der Waals surface area (Å²) >= 11 is 0. The molecule has 0 spiro atoms. The summed E-state index contributed by atoms with van der Waals surface area (Å²) < 4.78 is 2.15. The fraction of sp³-hybridized carbons (Fsp3) is 0.500. The van der Waals surface area contributed by atoms with Crippen molar-refractivity contribution in [2.24, 2.45) is 0 Å². The second-order valence-electron chi connectivity index (χ2n) is 3.76. The average Bonchev–Trinajstić information content (AvgIpc) is 2.65. The van der Waals surface area contributed by atoms with Gasteiger partial charge < -0.3 is 9.88 Å². The molecule has 3 rings (SSSR count). The fourth-order valence-electron chi connectivity index (χ4n) is 2.31. The first-order valence-electron chi connectivity index (χ1n) is 4.86. The zero-order valence-corrected chi connectivity index (χ0v) is 7.47. The van der Waals surface area contributed by atoms with Crippen LogP contribution in [0.25, 0.3) is 0 Å². The largest absolute Gasteiger partial charge is 0.371 e. The number of ketones is 1. The molecule has 0 atom stereocenters. The van der Waals surface area contributed by atoms with Crippen molar-refractivity contribution in [3.63, 3.8) is 0 Å². The third-order valence-corrected chi connectivity index (χ3v) is 2.93. The summed E-state index contributed by atoms with van der Waals surface area (Å²) in [5.74, 6) is 1.51. The van der Waals surface area contributed by atoms with Crippen LogP contribution in [0, 0.1) is 0 Å². The summed E-state index contributed by atoms with van der Waals surface area (Å²) in [6.45, 7) is 2.03. The van der Waals surface area contributed by atoms with E-state index in [1.807, 2.05) is 0 Å². The van der Waals surface area contributed by atoms with Crippen molar-refractivity contribution in [1.82, 2.24) is 4.57 Å². The first-order chi connectivity index (χ1) is 6.36. The summed E-state index contributed by atoms with van der Waals surface area (Å²) in [5, 5.41) is 3.34. The van der Waals surface area contributed by atoms with E-state index >= 15 is 0 Å². The van der Waals surface area contributed by atoms with Crippen LogP contribution in [0.15, 0.2) is 6.07 Å². The Morgan fingerprint density at radius 1 is 1.38 bits per heavy atom. The highest BCUT2D eigenvalue weighted by molar-refractivity contribution is 5.96. The number of Topliss-reactive ketones (excluding diaryl/α,β-unsaturated/α-hetero) is 1. The van der Waals surface area contributed by atoms with Crippen LogP contribution in [0.4, 0.5) is 5.82 Å². The van der Waals surface area contributed by atoms with E-state index in [-0.39, 0.29) is 0 Å². The number of fused-ring (bicyclic) bond motifs is 3. The van der Waals surface area contributed by atoms with Crippen molar-refractivity contribution in [3.8, 4) is 0 Å². The van der Waals surface area contributed by atoms with Gasteiger partial charge in [-0.25, -0.2) is 0 Å². The molecule has 68 valence electrons. The molecule has 0 amide bonds. The molecule has 0 fully saturated rings. The van der Waals surface area contributed by atoms with E-state index in [9.17, 15) is 4.79 Å². The molecule has 0 radical (unpaired) electrons. The van der Waals surface area contributed by atoms with Gasteiger partial charge in [0.2, 0.25) is 0 Å². The maximum atomic E-state index is 11.5. The Morgan fingerprint density at radius 2 is 2.31 bits per heavy atom. The van der Waals surface area contributed by atoms with Gasteiger partial charge in [-0.15, -0.1) is 0 Å². The fourth-order valence-corrected chi connectivity index (χ4v) is 2.31. The number of carbonyl (C=O) groups excluding carboxylic acids is 1. The zero-order valence-electron chi connectivity index (χ0n) is 7.47. The molecule has 1 aromatic rings. The lowest BCUT2D eigenvalue weighted by Crippen LogP contribution is -2.17. The summed E-state index contributed by atoms with van der Waals surface area (Å²) in [7, 11) is 0. The first kappa shape index (κ1) is 7.18. The Kier molecular flexibility index (Phi) is 1.31. The van der Waals surface area contributed by atoms with Crippen LogP contribution in [0.1, 0.15) is 28.9 Å². The highest BCUT2D eigenvalue weighted by atomic mass is 16.1. The Morgan fingerprint density at radius 3 is 3.23 bits per heavy atom. The summed E-state index contributed by atoms with van der Waals surface area (Å²) in [6, 6.07) is 2.07. The summed E-state index contributed by atoms with van der Waals surface area (Å²) in [4.78, 5) is 11.5. The number of aromatic nitrogens is 1. The van der Waals surface area contributed by atoms with Gasteiger partial charge in [0.1, 0.15) is 5.82 Å². The van der Waals surface area contributed by atoms with E-state index in [4.69, 9.17) is 0 Å². The van der Waals surface area contributed by atoms with Crippen LogP contribution < -0.4 is 5.32 Å². The number of hydrogen-bond donors (Lipinski definition) is 1. The van der Waals surface area contributed by atoms with E-state index in [0.717, 1.165) is 38.0 Å². The van der Waals surface area contributed by atoms with Gasteiger partial charge in [0.05, 0.1) is 5.69 Å².